The maximum atomic E-state index is 10.6. The first-order chi connectivity index (χ1) is 7.55. The fraction of sp³-hybridized carbons (Fsp3) is 0. The summed E-state index contributed by atoms with van der Waals surface area (Å²) in [6.45, 7) is 0. The standard InChI is InChI=1S/C6H4N2O3S.H2O4S/c7-8-5-3-1-2-4-6(5)12(9,10)11;1-5(2,3)4/h1-4H;(H2,1,2,3,4). The zero-order chi connectivity index (χ0) is 13.7. The first-order valence-corrected chi connectivity index (χ1v) is 6.46. The van der Waals surface area contributed by atoms with Crippen molar-refractivity contribution in [2.75, 3.05) is 0 Å². The Hall–Kier alpha value is -1.58. The van der Waals surface area contributed by atoms with Gasteiger partial charge in [0.15, 0.2) is 9.87 Å². The second-order valence-corrected chi connectivity index (χ2v) is 4.72. The average molecular weight is 282 g/mol. The van der Waals surface area contributed by atoms with Gasteiger partial charge in [0.05, 0.1) is 0 Å². The van der Waals surface area contributed by atoms with Crippen LogP contribution in [0.2, 0.25) is 0 Å². The van der Waals surface area contributed by atoms with Gasteiger partial charge in [0.2, 0.25) is 15.8 Å². The van der Waals surface area contributed by atoms with E-state index in [1.165, 1.54) is 18.2 Å². The summed E-state index contributed by atoms with van der Waals surface area (Å²) in [6, 6.07) is 5.31. The van der Waals surface area contributed by atoms with Gasteiger partial charge in [-0.3, -0.25) is 9.11 Å². The number of rotatable bonds is 1. The van der Waals surface area contributed by atoms with Gasteiger partial charge in [0, 0.05) is 6.07 Å². The van der Waals surface area contributed by atoms with Gasteiger partial charge in [0.1, 0.15) is 0 Å². The fourth-order valence-electron chi connectivity index (χ4n) is 0.758. The lowest BCUT2D eigenvalue weighted by molar-refractivity contribution is 0.366. The molecule has 0 heterocycles. The molecule has 17 heavy (non-hydrogen) atoms. The van der Waals surface area contributed by atoms with Gasteiger partial charge in [-0.2, -0.15) is 8.42 Å². The van der Waals surface area contributed by atoms with E-state index in [4.69, 9.17) is 27.5 Å². The summed E-state index contributed by atoms with van der Waals surface area (Å²) in [5, 5.41) is 8.33. The molecule has 11 heteroatoms. The van der Waals surface area contributed by atoms with Crippen molar-refractivity contribution in [1.29, 1.82) is 5.39 Å². The Morgan fingerprint density at radius 3 is 1.82 bits per heavy atom. The van der Waals surface area contributed by atoms with Gasteiger partial charge in [-0.25, -0.2) is 8.42 Å². The van der Waals surface area contributed by atoms with Crippen LogP contribution < -0.4 is 0 Å². The Balaban J connectivity index is 0.000000437. The highest BCUT2D eigenvalue weighted by molar-refractivity contribution is 7.86. The third-order valence-corrected chi connectivity index (χ3v) is 2.15. The molecular formula is C6H6N2O7S2. The molecule has 1 rings (SSSR count). The van der Waals surface area contributed by atoms with E-state index < -0.39 is 25.4 Å². The summed E-state index contributed by atoms with van der Waals surface area (Å²) in [7, 11) is -9.22. The first-order valence-electron chi connectivity index (χ1n) is 3.65. The lowest BCUT2D eigenvalue weighted by Gasteiger charge is -1.89. The van der Waals surface area contributed by atoms with Crippen LogP contribution in [0.1, 0.15) is 0 Å². The number of benzene rings is 1. The molecule has 0 amide bonds. The van der Waals surface area contributed by atoms with Crippen LogP contribution in [-0.4, -0.2) is 30.5 Å². The van der Waals surface area contributed by atoms with Gasteiger partial charge in [-0.1, -0.05) is 12.1 Å². The molecular weight excluding hydrogens is 276 g/mol. The van der Waals surface area contributed by atoms with Crippen LogP contribution in [0.4, 0.5) is 5.69 Å². The van der Waals surface area contributed by atoms with E-state index in [9.17, 15) is 8.42 Å². The van der Waals surface area contributed by atoms with Crippen LogP contribution in [-0.2, 0) is 20.5 Å². The van der Waals surface area contributed by atoms with Gasteiger partial charge in [-0.15, -0.1) is 0 Å². The molecule has 0 atom stereocenters. The van der Waals surface area contributed by atoms with Gasteiger partial charge < -0.3 is 4.55 Å². The van der Waals surface area contributed by atoms with E-state index >= 15 is 0 Å². The first kappa shape index (κ1) is 15.4. The van der Waals surface area contributed by atoms with E-state index in [0.717, 1.165) is 6.07 Å². The van der Waals surface area contributed by atoms with Crippen LogP contribution in [0, 0.1) is 5.39 Å². The molecule has 0 saturated heterocycles. The fourth-order valence-corrected chi connectivity index (χ4v) is 1.38. The number of hydrogen-bond donors (Lipinski definition) is 2. The molecule has 0 unspecified atom stereocenters. The van der Waals surface area contributed by atoms with Crippen LogP contribution in [0.5, 0.6) is 0 Å². The predicted octanol–water partition coefficient (Wildman–Crippen LogP) is 0.422. The third kappa shape index (κ3) is 7.33. The predicted molar refractivity (Wildman–Crippen MR) is 53.3 cm³/mol. The van der Waals surface area contributed by atoms with Crippen molar-refractivity contribution in [1.82, 2.24) is 0 Å². The summed E-state index contributed by atoms with van der Waals surface area (Å²) in [6.07, 6.45) is 0. The van der Waals surface area contributed by atoms with Crippen molar-refractivity contribution < 1.29 is 30.5 Å². The van der Waals surface area contributed by atoms with Crippen molar-refractivity contribution >= 4 is 26.2 Å². The third-order valence-electron chi connectivity index (χ3n) is 1.25. The van der Waals surface area contributed by atoms with Crippen LogP contribution >= 0.6 is 0 Å². The van der Waals surface area contributed by atoms with Gasteiger partial charge in [0.25, 0.3) is 0 Å². The lowest BCUT2D eigenvalue weighted by atomic mass is 10.3. The summed E-state index contributed by atoms with van der Waals surface area (Å²) < 4.78 is 62.6. The Kier molecular flexibility index (Phi) is 5.13. The van der Waals surface area contributed by atoms with Crippen molar-refractivity contribution in [3.8, 4) is 0 Å². The average Bonchev–Trinajstić information content (AvgIpc) is 2.14. The molecule has 0 fully saturated rings. The van der Waals surface area contributed by atoms with E-state index in [1.807, 2.05) is 0 Å². The molecule has 2 N–H and O–H groups in total. The molecule has 0 spiro atoms. The minimum absolute atomic E-state index is 0.181. The normalized spacial score (nSPS) is 10.9. The Morgan fingerprint density at radius 1 is 1.12 bits per heavy atom. The molecule has 0 aromatic heterocycles. The second-order valence-electron chi connectivity index (χ2n) is 2.47. The van der Waals surface area contributed by atoms with E-state index in [2.05, 4.69) is 4.98 Å². The summed E-state index contributed by atoms with van der Waals surface area (Å²) in [5.74, 6) is 0. The summed E-state index contributed by atoms with van der Waals surface area (Å²) in [5.41, 5.74) is -0.181. The molecule has 0 aliphatic carbocycles. The summed E-state index contributed by atoms with van der Waals surface area (Å²) in [4.78, 5) is 2.29. The highest BCUT2D eigenvalue weighted by atomic mass is 32.3. The largest absolute Gasteiger partial charge is 0.726 e. The molecule has 0 saturated carbocycles. The van der Waals surface area contributed by atoms with E-state index in [-0.39, 0.29) is 5.69 Å². The zero-order valence-corrected chi connectivity index (χ0v) is 9.59. The molecule has 1 aromatic rings. The number of hydrogen-bond acceptors (Lipinski definition) is 6. The molecule has 0 radical (unpaired) electrons. The molecule has 9 nitrogen and oxygen atoms in total. The lowest BCUT2D eigenvalue weighted by Crippen LogP contribution is -1.97. The van der Waals surface area contributed by atoms with Gasteiger partial charge in [-0.05, 0) is 6.07 Å². The Morgan fingerprint density at radius 2 is 1.53 bits per heavy atom. The minimum atomic E-state index is -4.92. The maximum Gasteiger partial charge on any atom is 0.405 e. The molecule has 0 bridgehead atoms. The van der Waals surface area contributed by atoms with Crippen molar-refractivity contribution in [2.45, 2.75) is 4.90 Å². The van der Waals surface area contributed by atoms with Crippen LogP contribution in [0.25, 0.3) is 4.98 Å². The summed E-state index contributed by atoms with van der Waals surface area (Å²) >= 11 is 0. The Bertz CT molecular complexity index is 621. The van der Waals surface area contributed by atoms with Crippen LogP contribution in [0.15, 0.2) is 29.2 Å². The van der Waals surface area contributed by atoms with Gasteiger partial charge >= 0.3 is 15.8 Å². The maximum absolute atomic E-state index is 10.6. The SMILES string of the molecule is N#[N+]c1ccccc1S(=O)(=O)O.O=S(=O)([O-])O. The van der Waals surface area contributed by atoms with Crippen LogP contribution in [0.3, 0.4) is 0 Å². The van der Waals surface area contributed by atoms with Crippen molar-refractivity contribution in [2.24, 2.45) is 0 Å². The Labute approximate surface area is 96.7 Å². The van der Waals surface area contributed by atoms with Crippen molar-refractivity contribution in [3.05, 3.63) is 29.2 Å². The topological polar surface area (TPSA) is 160 Å². The van der Waals surface area contributed by atoms with Crippen molar-refractivity contribution in [3.63, 3.8) is 0 Å². The molecule has 0 aliphatic rings. The molecule has 1 aromatic carbocycles. The highest BCUT2D eigenvalue weighted by Crippen LogP contribution is 2.22. The smallest absolute Gasteiger partial charge is 0.405 e. The molecule has 0 aliphatic heterocycles. The van der Waals surface area contributed by atoms with E-state index in [1.54, 1.807) is 0 Å². The highest BCUT2D eigenvalue weighted by Gasteiger charge is 2.22. The molecule has 94 valence electrons. The number of diazo groups is 1. The minimum Gasteiger partial charge on any atom is -0.726 e. The quantitative estimate of drug-likeness (QED) is 0.425. The second kappa shape index (κ2) is 5.66. The monoisotopic (exact) mass is 282 g/mol. The van der Waals surface area contributed by atoms with E-state index in [0.29, 0.717) is 0 Å². The zero-order valence-electron chi connectivity index (χ0n) is 7.96. The number of nitrogens with zero attached hydrogens (tertiary/aromatic N) is 2.